The lowest BCUT2D eigenvalue weighted by molar-refractivity contribution is -0.119. The molecule has 2 aromatic carbocycles. The fourth-order valence-electron chi connectivity index (χ4n) is 4.14. The van der Waals surface area contributed by atoms with Crippen molar-refractivity contribution in [1.82, 2.24) is 14.5 Å². The zero-order valence-corrected chi connectivity index (χ0v) is 19.3. The molecule has 1 aliphatic heterocycles. The second-order valence-electron chi connectivity index (χ2n) is 7.77. The molecule has 0 bridgehead atoms. The van der Waals surface area contributed by atoms with Crippen molar-refractivity contribution in [2.45, 2.75) is 44.6 Å². The fraction of sp³-hybridized carbons (Fsp3) is 0.318. The molecule has 7 nitrogen and oxygen atoms in total. The van der Waals surface area contributed by atoms with Crippen LogP contribution in [0.4, 0.5) is 5.13 Å². The van der Waals surface area contributed by atoms with Crippen LogP contribution in [-0.4, -0.2) is 41.4 Å². The van der Waals surface area contributed by atoms with E-state index in [0.717, 1.165) is 11.1 Å². The Morgan fingerprint density at radius 1 is 1.10 bits per heavy atom. The molecule has 1 aromatic heterocycles. The molecule has 1 fully saturated rings. The normalized spacial score (nSPS) is 17.1. The Balaban J connectivity index is 1.56. The Morgan fingerprint density at radius 3 is 2.45 bits per heavy atom. The monoisotopic (exact) mass is 456 g/mol. The number of aromatic nitrogens is 2. The maximum Gasteiger partial charge on any atom is 0.244 e. The first-order valence-electron chi connectivity index (χ1n) is 10.1. The predicted octanol–water partition coefficient (Wildman–Crippen LogP) is 3.92. The van der Waals surface area contributed by atoms with Gasteiger partial charge in [0.05, 0.1) is 4.90 Å². The topological polar surface area (TPSA) is 92.3 Å². The molecule has 162 valence electrons. The Hall–Kier alpha value is -2.62. The van der Waals surface area contributed by atoms with Crippen LogP contribution in [0.3, 0.4) is 0 Å². The number of amides is 1. The lowest BCUT2D eigenvalue weighted by atomic mass is 10.1. The van der Waals surface area contributed by atoms with E-state index in [9.17, 15) is 13.2 Å². The SMILES string of the molecule is Cc1cc(C)c(S(=O)(=O)N2CCC[C@H]2C(=O)Nc2nnc(-c3ccccc3)s2)c(C)c1. The van der Waals surface area contributed by atoms with Gasteiger partial charge in [0.1, 0.15) is 11.0 Å². The minimum absolute atomic E-state index is 0.292. The van der Waals surface area contributed by atoms with Gasteiger partial charge in [-0.1, -0.05) is 59.4 Å². The fourth-order valence-corrected chi connectivity index (χ4v) is 6.96. The molecular weight excluding hydrogens is 432 g/mol. The van der Waals surface area contributed by atoms with Crippen molar-refractivity contribution in [2.24, 2.45) is 0 Å². The highest BCUT2D eigenvalue weighted by atomic mass is 32.2. The number of benzene rings is 2. The quantitative estimate of drug-likeness (QED) is 0.628. The Bertz CT molecular complexity index is 1200. The summed E-state index contributed by atoms with van der Waals surface area (Å²) in [5.74, 6) is -0.376. The van der Waals surface area contributed by atoms with Crippen LogP contribution < -0.4 is 5.32 Å². The van der Waals surface area contributed by atoms with Crippen LogP contribution in [0, 0.1) is 20.8 Å². The van der Waals surface area contributed by atoms with E-state index in [1.165, 1.54) is 15.6 Å². The first kappa shape index (κ1) is 21.6. The molecule has 0 spiro atoms. The minimum atomic E-state index is -3.80. The first-order valence-corrected chi connectivity index (χ1v) is 12.3. The first-order chi connectivity index (χ1) is 14.8. The highest BCUT2D eigenvalue weighted by Crippen LogP contribution is 2.32. The summed E-state index contributed by atoms with van der Waals surface area (Å²) in [5.41, 5.74) is 3.31. The summed E-state index contributed by atoms with van der Waals surface area (Å²) in [4.78, 5) is 13.3. The summed E-state index contributed by atoms with van der Waals surface area (Å²) in [7, 11) is -3.80. The van der Waals surface area contributed by atoms with E-state index in [0.29, 0.717) is 45.5 Å². The molecule has 9 heteroatoms. The average molecular weight is 457 g/mol. The third-order valence-corrected chi connectivity index (χ3v) is 8.46. The van der Waals surface area contributed by atoms with Gasteiger partial charge in [0.2, 0.25) is 21.1 Å². The number of sulfonamides is 1. The second kappa shape index (κ2) is 8.49. The van der Waals surface area contributed by atoms with Gasteiger partial charge in [-0.25, -0.2) is 8.42 Å². The lowest BCUT2D eigenvalue weighted by Gasteiger charge is -2.25. The number of carbonyl (C=O) groups excluding carboxylic acids is 1. The van der Waals surface area contributed by atoms with E-state index in [1.807, 2.05) is 49.4 Å². The minimum Gasteiger partial charge on any atom is -0.299 e. The van der Waals surface area contributed by atoms with Gasteiger partial charge < -0.3 is 0 Å². The van der Waals surface area contributed by atoms with Gasteiger partial charge in [-0.05, 0) is 44.7 Å². The van der Waals surface area contributed by atoms with E-state index in [1.54, 1.807) is 13.8 Å². The molecule has 0 unspecified atom stereocenters. The number of nitrogens with zero attached hydrogens (tertiary/aromatic N) is 3. The van der Waals surface area contributed by atoms with E-state index >= 15 is 0 Å². The van der Waals surface area contributed by atoms with Crippen molar-refractivity contribution < 1.29 is 13.2 Å². The van der Waals surface area contributed by atoms with Crippen LogP contribution in [-0.2, 0) is 14.8 Å². The van der Waals surface area contributed by atoms with Crippen molar-refractivity contribution in [2.75, 3.05) is 11.9 Å². The van der Waals surface area contributed by atoms with Crippen LogP contribution in [0.15, 0.2) is 47.4 Å². The molecule has 3 aromatic rings. The Kier molecular flexibility index (Phi) is 5.92. The van der Waals surface area contributed by atoms with Gasteiger partial charge in [0.25, 0.3) is 0 Å². The predicted molar refractivity (Wildman–Crippen MR) is 122 cm³/mol. The van der Waals surface area contributed by atoms with Gasteiger partial charge in [-0.2, -0.15) is 4.31 Å². The molecule has 0 aliphatic carbocycles. The second-order valence-corrected chi connectivity index (χ2v) is 10.6. The van der Waals surface area contributed by atoms with Crippen molar-refractivity contribution in [3.05, 3.63) is 59.2 Å². The molecule has 1 N–H and O–H groups in total. The molecule has 0 saturated carbocycles. The number of hydrogen-bond acceptors (Lipinski definition) is 6. The van der Waals surface area contributed by atoms with Gasteiger partial charge >= 0.3 is 0 Å². The Labute approximate surface area is 186 Å². The molecule has 31 heavy (non-hydrogen) atoms. The van der Waals surface area contributed by atoms with Crippen LogP contribution in [0.5, 0.6) is 0 Å². The molecule has 4 rings (SSSR count). The third-order valence-electron chi connectivity index (χ3n) is 5.35. The summed E-state index contributed by atoms with van der Waals surface area (Å²) in [6.07, 6.45) is 1.10. The van der Waals surface area contributed by atoms with Gasteiger partial charge in [0.15, 0.2) is 0 Å². The highest BCUT2D eigenvalue weighted by molar-refractivity contribution is 7.89. The standard InChI is InChI=1S/C22H24N4O3S2/c1-14-12-15(2)19(16(3)13-14)31(28,29)26-11-7-10-18(26)20(27)23-22-25-24-21(30-22)17-8-5-4-6-9-17/h4-6,8-9,12-13,18H,7,10-11H2,1-3H3,(H,23,25,27)/t18-/m0/s1. The summed E-state index contributed by atoms with van der Waals surface area (Å²) in [5, 5.41) is 12.0. The van der Waals surface area contributed by atoms with Crippen molar-refractivity contribution in [3.8, 4) is 10.6 Å². The van der Waals surface area contributed by atoms with Crippen molar-refractivity contribution in [1.29, 1.82) is 0 Å². The zero-order valence-electron chi connectivity index (χ0n) is 17.6. The summed E-state index contributed by atoms with van der Waals surface area (Å²) in [6, 6.07) is 12.5. The molecule has 1 atom stereocenters. The number of rotatable bonds is 5. The van der Waals surface area contributed by atoms with E-state index in [4.69, 9.17) is 0 Å². The number of aryl methyl sites for hydroxylation is 3. The summed E-state index contributed by atoms with van der Waals surface area (Å²) < 4.78 is 28.3. The molecule has 1 aliphatic rings. The van der Waals surface area contributed by atoms with E-state index in [2.05, 4.69) is 15.5 Å². The average Bonchev–Trinajstić information content (AvgIpc) is 3.37. The largest absolute Gasteiger partial charge is 0.299 e. The van der Waals surface area contributed by atoms with Gasteiger partial charge in [-0.3, -0.25) is 10.1 Å². The lowest BCUT2D eigenvalue weighted by Crippen LogP contribution is -2.43. The van der Waals surface area contributed by atoms with E-state index < -0.39 is 16.1 Å². The molecule has 1 saturated heterocycles. The molecule has 0 radical (unpaired) electrons. The van der Waals surface area contributed by atoms with Crippen molar-refractivity contribution in [3.63, 3.8) is 0 Å². The van der Waals surface area contributed by atoms with Gasteiger partial charge in [0, 0.05) is 12.1 Å². The maximum atomic E-state index is 13.5. The Morgan fingerprint density at radius 2 is 1.77 bits per heavy atom. The number of anilines is 1. The molecule has 1 amide bonds. The highest BCUT2D eigenvalue weighted by Gasteiger charge is 2.40. The number of carbonyl (C=O) groups is 1. The smallest absolute Gasteiger partial charge is 0.244 e. The maximum absolute atomic E-state index is 13.5. The molecular formula is C22H24N4O3S2. The van der Waals surface area contributed by atoms with Crippen LogP contribution in [0.1, 0.15) is 29.5 Å². The van der Waals surface area contributed by atoms with E-state index in [-0.39, 0.29) is 5.91 Å². The zero-order chi connectivity index (χ0) is 22.2. The number of nitrogens with one attached hydrogen (secondary N) is 1. The summed E-state index contributed by atoms with van der Waals surface area (Å²) in [6.45, 7) is 5.85. The van der Waals surface area contributed by atoms with Crippen LogP contribution >= 0.6 is 11.3 Å². The molecule has 2 heterocycles. The summed E-state index contributed by atoms with van der Waals surface area (Å²) >= 11 is 1.26. The van der Waals surface area contributed by atoms with Crippen molar-refractivity contribution >= 4 is 32.4 Å². The number of hydrogen-bond donors (Lipinski definition) is 1. The van der Waals surface area contributed by atoms with Gasteiger partial charge in [-0.15, -0.1) is 10.2 Å². The van der Waals surface area contributed by atoms with Crippen LogP contribution in [0.2, 0.25) is 0 Å². The third kappa shape index (κ3) is 4.26. The van der Waals surface area contributed by atoms with Crippen LogP contribution in [0.25, 0.3) is 10.6 Å².